The SMILES string of the molecule is C=CCSSC[C@H]1CC[C@H](c2ccccc2)O1. The van der Waals surface area contributed by atoms with Crippen molar-refractivity contribution in [3.63, 3.8) is 0 Å². The summed E-state index contributed by atoms with van der Waals surface area (Å²) in [5, 5.41) is 0. The summed E-state index contributed by atoms with van der Waals surface area (Å²) in [6.07, 6.45) is 5.01. The molecule has 0 bridgehead atoms. The van der Waals surface area contributed by atoms with E-state index in [0.717, 1.165) is 17.9 Å². The van der Waals surface area contributed by atoms with Crippen molar-refractivity contribution in [2.24, 2.45) is 0 Å². The van der Waals surface area contributed by atoms with Gasteiger partial charge in [-0.2, -0.15) is 0 Å². The second-order valence-corrected chi connectivity index (χ2v) is 6.64. The second-order valence-electron chi connectivity index (χ2n) is 4.09. The molecule has 1 heterocycles. The first-order chi connectivity index (χ1) is 8.40. The average molecular weight is 266 g/mol. The highest BCUT2D eigenvalue weighted by molar-refractivity contribution is 8.76. The Balaban J connectivity index is 1.74. The van der Waals surface area contributed by atoms with Gasteiger partial charge in [-0.05, 0) is 18.4 Å². The molecule has 0 N–H and O–H groups in total. The molecule has 1 aromatic rings. The summed E-state index contributed by atoms with van der Waals surface area (Å²) < 4.78 is 6.07. The third-order valence-corrected chi connectivity index (χ3v) is 5.16. The first-order valence-electron chi connectivity index (χ1n) is 5.96. The van der Waals surface area contributed by atoms with Gasteiger partial charge in [-0.3, -0.25) is 0 Å². The van der Waals surface area contributed by atoms with E-state index in [1.807, 2.05) is 27.7 Å². The summed E-state index contributed by atoms with van der Waals surface area (Å²) in [5.74, 6) is 2.10. The molecule has 0 radical (unpaired) electrons. The molecule has 1 aliphatic heterocycles. The van der Waals surface area contributed by atoms with Crippen molar-refractivity contribution >= 4 is 21.6 Å². The fourth-order valence-corrected chi connectivity index (χ4v) is 3.97. The zero-order chi connectivity index (χ0) is 11.9. The second kappa shape index (κ2) is 7.14. The summed E-state index contributed by atoms with van der Waals surface area (Å²) in [5.41, 5.74) is 1.32. The Bertz CT molecular complexity index is 339. The highest BCUT2D eigenvalue weighted by Crippen LogP contribution is 2.35. The lowest BCUT2D eigenvalue weighted by Gasteiger charge is -2.13. The van der Waals surface area contributed by atoms with Gasteiger partial charge in [-0.15, -0.1) is 6.58 Å². The maximum absolute atomic E-state index is 6.07. The fourth-order valence-electron chi connectivity index (χ4n) is 1.96. The monoisotopic (exact) mass is 266 g/mol. The molecule has 0 unspecified atom stereocenters. The normalized spacial score (nSPS) is 23.8. The van der Waals surface area contributed by atoms with Gasteiger partial charge in [0.05, 0.1) is 12.2 Å². The Morgan fingerprint density at radius 2 is 2.06 bits per heavy atom. The summed E-state index contributed by atoms with van der Waals surface area (Å²) in [6, 6.07) is 10.5. The van der Waals surface area contributed by atoms with Gasteiger partial charge in [0.1, 0.15) is 0 Å². The predicted molar refractivity (Wildman–Crippen MR) is 78.4 cm³/mol. The number of rotatable bonds is 6. The fraction of sp³-hybridized carbons (Fsp3) is 0.429. The topological polar surface area (TPSA) is 9.23 Å². The lowest BCUT2D eigenvalue weighted by molar-refractivity contribution is 0.0583. The minimum atomic E-state index is 0.311. The van der Waals surface area contributed by atoms with Crippen LogP contribution >= 0.6 is 21.6 Å². The largest absolute Gasteiger partial charge is 0.369 e. The molecule has 1 aromatic carbocycles. The van der Waals surface area contributed by atoms with Crippen LogP contribution in [0.5, 0.6) is 0 Å². The molecule has 2 rings (SSSR count). The summed E-state index contributed by atoms with van der Waals surface area (Å²) in [7, 11) is 3.75. The Morgan fingerprint density at radius 3 is 2.82 bits per heavy atom. The van der Waals surface area contributed by atoms with Crippen LogP contribution in [0.1, 0.15) is 24.5 Å². The van der Waals surface area contributed by atoms with E-state index in [-0.39, 0.29) is 0 Å². The number of hydrogen-bond acceptors (Lipinski definition) is 3. The van der Waals surface area contributed by atoms with Crippen LogP contribution in [-0.2, 0) is 4.74 Å². The molecular formula is C14H18OS2. The number of benzene rings is 1. The van der Waals surface area contributed by atoms with Crippen LogP contribution in [0, 0.1) is 0 Å². The Morgan fingerprint density at radius 1 is 1.24 bits per heavy atom. The van der Waals surface area contributed by atoms with Crippen LogP contribution < -0.4 is 0 Å². The van der Waals surface area contributed by atoms with Crippen LogP contribution in [0.15, 0.2) is 43.0 Å². The quantitative estimate of drug-likeness (QED) is 0.427. The van der Waals surface area contributed by atoms with Gasteiger partial charge in [0.2, 0.25) is 0 Å². The van der Waals surface area contributed by atoms with Crippen LogP contribution in [-0.4, -0.2) is 17.6 Å². The summed E-state index contributed by atoms with van der Waals surface area (Å²) in [4.78, 5) is 0. The molecule has 0 amide bonds. The minimum Gasteiger partial charge on any atom is -0.369 e. The van der Waals surface area contributed by atoms with Gasteiger partial charge in [0.15, 0.2) is 0 Å². The predicted octanol–water partition coefficient (Wildman–Crippen LogP) is 4.47. The summed E-state index contributed by atoms with van der Waals surface area (Å²) >= 11 is 0. The van der Waals surface area contributed by atoms with Crippen molar-refractivity contribution in [3.05, 3.63) is 48.6 Å². The standard InChI is InChI=1S/C14H18OS2/c1-2-10-16-17-11-13-8-9-14(15-13)12-6-4-3-5-7-12/h2-7,13-14H,1,8-11H2/t13-,14-/m1/s1. The van der Waals surface area contributed by atoms with Gasteiger partial charge < -0.3 is 4.74 Å². The lowest BCUT2D eigenvalue weighted by atomic mass is 10.1. The first kappa shape index (κ1) is 13.1. The van der Waals surface area contributed by atoms with Crippen LogP contribution in [0.2, 0.25) is 0 Å². The Labute approximate surface area is 111 Å². The van der Waals surface area contributed by atoms with E-state index >= 15 is 0 Å². The Kier molecular flexibility index (Phi) is 5.49. The van der Waals surface area contributed by atoms with Gasteiger partial charge in [-0.25, -0.2) is 0 Å². The smallest absolute Gasteiger partial charge is 0.0830 e. The molecule has 1 nitrogen and oxygen atoms in total. The molecule has 1 aliphatic rings. The maximum Gasteiger partial charge on any atom is 0.0830 e. The zero-order valence-corrected chi connectivity index (χ0v) is 11.5. The van der Waals surface area contributed by atoms with Crippen LogP contribution in [0.3, 0.4) is 0 Å². The molecule has 0 saturated carbocycles. The van der Waals surface area contributed by atoms with E-state index in [1.165, 1.54) is 12.0 Å². The van der Waals surface area contributed by atoms with Crippen molar-refractivity contribution < 1.29 is 4.74 Å². The van der Waals surface area contributed by atoms with Crippen LogP contribution in [0.4, 0.5) is 0 Å². The number of ether oxygens (including phenoxy) is 1. The van der Waals surface area contributed by atoms with Gasteiger partial charge >= 0.3 is 0 Å². The van der Waals surface area contributed by atoms with Crippen molar-refractivity contribution in [2.45, 2.75) is 25.0 Å². The van der Waals surface area contributed by atoms with E-state index in [2.05, 4.69) is 36.9 Å². The molecule has 2 atom stereocenters. The van der Waals surface area contributed by atoms with E-state index in [0.29, 0.717) is 12.2 Å². The molecule has 3 heteroatoms. The summed E-state index contributed by atoms with van der Waals surface area (Å²) in [6.45, 7) is 3.72. The zero-order valence-electron chi connectivity index (χ0n) is 9.88. The van der Waals surface area contributed by atoms with E-state index in [4.69, 9.17) is 4.74 Å². The van der Waals surface area contributed by atoms with Gasteiger partial charge in [0.25, 0.3) is 0 Å². The average Bonchev–Trinajstić information content (AvgIpc) is 2.85. The van der Waals surface area contributed by atoms with Gasteiger partial charge in [0, 0.05) is 11.5 Å². The van der Waals surface area contributed by atoms with Crippen molar-refractivity contribution in [1.29, 1.82) is 0 Å². The first-order valence-corrected chi connectivity index (χ1v) is 8.44. The highest BCUT2D eigenvalue weighted by atomic mass is 33.1. The molecule has 92 valence electrons. The minimum absolute atomic E-state index is 0.311. The lowest BCUT2D eigenvalue weighted by Crippen LogP contribution is -2.08. The third-order valence-electron chi connectivity index (χ3n) is 2.80. The molecule has 17 heavy (non-hydrogen) atoms. The van der Waals surface area contributed by atoms with Crippen LogP contribution in [0.25, 0.3) is 0 Å². The number of hydrogen-bond donors (Lipinski definition) is 0. The van der Waals surface area contributed by atoms with Crippen molar-refractivity contribution in [2.75, 3.05) is 11.5 Å². The van der Waals surface area contributed by atoms with E-state index in [1.54, 1.807) is 0 Å². The molecule has 0 spiro atoms. The molecule has 1 saturated heterocycles. The van der Waals surface area contributed by atoms with Gasteiger partial charge in [-0.1, -0.05) is 58.0 Å². The van der Waals surface area contributed by atoms with E-state index < -0.39 is 0 Å². The Hall–Kier alpha value is -0.380. The molecule has 0 aliphatic carbocycles. The molecular weight excluding hydrogens is 248 g/mol. The molecule has 0 aromatic heterocycles. The van der Waals surface area contributed by atoms with E-state index in [9.17, 15) is 0 Å². The van der Waals surface area contributed by atoms with Crippen molar-refractivity contribution in [3.8, 4) is 0 Å². The van der Waals surface area contributed by atoms with Crippen molar-refractivity contribution in [1.82, 2.24) is 0 Å². The highest BCUT2D eigenvalue weighted by Gasteiger charge is 2.26. The maximum atomic E-state index is 6.07. The third kappa shape index (κ3) is 4.09. The molecule has 1 fully saturated rings.